The topological polar surface area (TPSA) is 115 Å². The van der Waals surface area contributed by atoms with Crippen molar-refractivity contribution in [3.8, 4) is 0 Å². The molecule has 0 aromatic rings. The maximum atomic E-state index is 12.5. The Morgan fingerprint density at radius 2 is 1.35 bits per heavy atom. The van der Waals surface area contributed by atoms with E-state index in [0.29, 0.717) is 38.5 Å². The summed E-state index contributed by atoms with van der Waals surface area (Å²) in [6.07, 6.45) is 2.73. The van der Waals surface area contributed by atoms with Crippen LogP contribution in [0.25, 0.3) is 0 Å². The molecular weight excluding hydrogens is 304 g/mol. The summed E-state index contributed by atoms with van der Waals surface area (Å²) in [7, 11) is 3.00. The van der Waals surface area contributed by atoms with E-state index in [9.17, 15) is 19.2 Å². The standard InChI is InChI=1S/C15H24N2O6/c1-16-13(22)15(17(2)14(16)23,9-5-3-7-11(18)19)10-6-4-8-12(20)21/h3-10H2,1-2H3,(H,18,19)(H,20,21). The van der Waals surface area contributed by atoms with Gasteiger partial charge >= 0.3 is 18.0 Å². The molecule has 8 nitrogen and oxygen atoms in total. The average Bonchev–Trinajstić information content (AvgIpc) is 2.64. The zero-order valence-electron chi connectivity index (χ0n) is 13.6. The highest BCUT2D eigenvalue weighted by Crippen LogP contribution is 2.35. The first-order chi connectivity index (χ1) is 10.7. The normalized spacial score (nSPS) is 17.0. The summed E-state index contributed by atoms with van der Waals surface area (Å²) < 4.78 is 0. The summed E-state index contributed by atoms with van der Waals surface area (Å²) in [5, 5.41) is 17.4. The van der Waals surface area contributed by atoms with Gasteiger partial charge in [-0.25, -0.2) is 4.79 Å². The van der Waals surface area contributed by atoms with E-state index in [1.54, 1.807) is 7.05 Å². The van der Waals surface area contributed by atoms with Crippen LogP contribution in [0, 0.1) is 0 Å². The molecule has 0 saturated carbocycles. The minimum Gasteiger partial charge on any atom is -0.481 e. The van der Waals surface area contributed by atoms with E-state index in [-0.39, 0.29) is 24.8 Å². The van der Waals surface area contributed by atoms with E-state index < -0.39 is 17.5 Å². The van der Waals surface area contributed by atoms with Gasteiger partial charge in [-0.3, -0.25) is 19.3 Å². The Labute approximate surface area is 135 Å². The van der Waals surface area contributed by atoms with E-state index in [2.05, 4.69) is 0 Å². The molecule has 1 aliphatic heterocycles. The number of rotatable bonds is 10. The lowest BCUT2D eigenvalue weighted by Crippen LogP contribution is -2.47. The van der Waals surface area contributed by atoms with Crippen molar-refractivity contribution in [3.63, 3.8) is 0 Å². The highest BCUT2D eigenvalue weighted by atomic mass is 16.4. The molecule has 0 bridgehead atoms. The summed E-state index contributed by atoms with van der Waals surface area (Å²) in [4.78, 5) is 48.3. The van der Waals surface area contributed by atoms with Gasteiger partial charge in [-0.15, -0.1) is 0 Å². The number of carbonyl (C=O) groups excluding carboxylic acids is 2. The maximum absolute atomic E-state index is 12.5. The molecule has 3 amide bonds. The van der Waals surface area contributed by atoms with Crippen LogP contribution in [-0.2, 0) is 14.4 Å². The first-order valence-corrected chi connectivity index (χ1v) is 7.72. The van der Waals surface area contributed by atoms with Gasteiger partial charge < -0.3 is 15.1 Å². The van der Waals surface area contributed by atoms with Crippen LogP contribution >= 0.6 is 0 Å². The average molecular weight is 328 g/mol. The fraction of sp³-hybridized carbons (Fsp3) is 0.733. The van der Waals surface area contributed by atoms with E-state index >= 15 is 0 Å². The summed E-state index contributed by atoms with van der Waals surface area (Å²) in [5.74, 6) is -2.07. The molecule has 1 aliphatic rings. The second-order valence-corrected chi connectivity index (χ2v) is 5.94. The molecule has 0 radical (unpaired) electrons. The summed E-state index contributed by atoms with van der Waals surface area (Å²) in [6, 6.07) is -0.383. The Morgan fingerprint density at radius 3 is 1.65 bits per heavy atom. The van der Waals surface area contributed by atoms with E-state index in [0.717, 1.165) is 4.90 Å². The third kappa shape index (κ3) is 4.43. The SMILES string of the molecule is CN1C(=O)N(C)C(CCCCC(=O)O)(CCCCC(=O)O)C1=O. The number of carboxylic acid groups (broad SMARTS) is 2. The smallest absolute Gasteiger partial charge is 0.327 e. The molecule has 1 saturated heterocycles. The molecule has 130 valence electrons. The molecule has 1 heterocycles. The Kier molecular flexibility index (Phi) is 6.53. The molecule has 0 spiro atoms. The number of hydrogen-bond donors (Lipinski definition) is 2. The summed E-state index contributed by atoms with van der Waals surface area (Å²) in [5.41, 5.74) is -0.983. The number of hydrogen-bond acceptors (Lipinski definition) is 4. The molecule has 0 unspecified atom stereocenters. The van der Waals surface area contributed by atoms with Crippen LogP contribution in [0.3, 0.4) is 0 Å². The molecule has 0 aliphatic carbocycles. The highest BCUT2D eigenvalue weighted by molar-refractivity contribution is 6.06. The van der Waals surface area contributed by atoms with Gasteiger partial charge in [0.15, 0.2) is 0 Å². The van der Waals surface area contributed by atoms with Crippen molar-refractivity contribution in [2.75, 3.05) is 14.1 Å². The quantitative estimate of drug-likeness (QED) is 0.464. The third-order valence-corrected chi connectivity index (χ3v) is 4.38. The highest BCUT2D eigenvalue weighted by Gasteiger charge is 2.53. The Hall–Kier alpha value is -2.12. The zero-order valence-corrected chi connectivity index (χ0v) is 13.6. The number of nitrogens with zero attached hydrogens (tertiary/aromatic N) is 2. The minimum atomic E-state index is -0.983. The fourth-order valence-corrected chi connectivity index (χ4v) is 3.01. The summed E-state index contributed by atoms with van der Waals surface area (Å²) >= 11 is 0. The Balaban J connectivity index is 2.75. The third-order valence-electron chi connectivity index (χ3n) is 4.38. The van der Waals surface area contributed by atoms with Crippen molar-refractivity contribution < 1.29 is 29.4 Å². The van der Waals surface area contributed by atoms with Crippen LogP contribution in [-0.4, -0.2) is 63.5 Å². The van der Waals surface area contributed by atoms with Crippen LogP contribution in [0.5, 0.6) is 0 Å². The number of aliphatic carboxylic acids is 2. The van der Waals surface area contributed by atoms with E-state index in [1.807, 2.05) is 0 Å². The van der Waals surface area contributed by atoms with Crippen molar-refractivity contribution in [2.24, 2.45) is 0 Å². The Morgan fingerprint density at radius 1 is 0.913 bits per heavy atom. The molecule has 0 aromatic heterocycles. The molecule has 23 heavy (non-hydrogen) atoms. The van der Waals surface area contributed by atoms with Crippen molar-refractivity contribution in [1.82, 2.24) is 9.80 Å². The van der Waals surface area contributed by atoms with Crippen LogP contribution in [0.4, 0.5) is 4.79 Å². The number of unbranched alkanes of at least 4 members (excludes halogenated alkanes) is 2. The number of likely N-dealkylation sites (N-methyl/N-ethyl adjacent to an activating group) is 2. The van der Waals surface area contributed by atoms with Gasteiger partial charge in [0, 0.05) is 26.9 Å². The molecule has 1 fully saturated rings. The molecule has 0 aromatic carbocycles. The van der Waals surface area contributed by atoms with Gasteiger partial charge in [0.25, 0.3) is 5.91 Å². The lowest BCUT2D eigenvalue weighted by molar-refractivity contribution is -0.138. The number of amides is 3. The van der Waals surface area contributed by atoms with Gasteiger partial charge in [-0.05, 0) is 38.5 Å². The number of carbonyl (C=O) groups is 4. The molecule has 1 rings (SSSR count). The van der Waals surface area contributed by atoms with Crippen molar-refractivity contribution in [3.05, 3.63) is 0 Å². The second-order valence-electron chi connectivity index (χ2n) is 5.94. The summed E-state index contributed by atoms with van der Waals surface area (Å²) in [6.45, 7) is 0. The first-order valence-electron chi connectivity index (χ1n) is 7.72. The van der Waals surface area contributed by atoms with Crippen LogP contribution in [0.15, 0.2) is 0 Å². The Bertz CT molecular complexity index is 468. The van der Waals surface area contributed by atoms with Crippen LogP contribution in [0.1, 0.15) is 51.4 Å². The lowest BCUT2D eigenvalue weighted by atomic mass is 9.85. The maximum Gasteiger partial charge on any atom is 0.327 e. The number of carboxylic acids is 2. The minimum absolute atomic E-state index is 0.0246. The van der Waals surface area contributed by atoms with Crippen molar-refractivity contribution in [1.29, 1.82) is 0 Å². The van der Waals surface area contributed by atoms with Gasteiger partial charge in [0.1, 0.15) is 5.54 Å². The first kappa shape index (κ1) is 18.9. The molecule has 2 N–H and O–H groups in total. The number of imide groups is 1. The van der Waals surface area contributed by atoms with Crippen LogP contribution < -0.4 is 0 Å². The van der Waals surface area contributed by atoms with Crippen LogP contribution in [0.2, 0.25) is 0 Å². The van der Waals surface area contributed by atoms with Gasteiger partial charge in [-0.1, -0.05) is 0 Å². The van der Waals surface area contributed by atoms with Gasteiger partial charge in [-0.2, -0.15) is 0 Å². The molecule has 0 atom stereocenters. The van der Waals surface area contributed by atoms with Gasteiger partial charge in [0.05, 0.1) is 0 Å². The predicted octanol–water partition coefficient (Wildman–Crippen LogP) is 1.54. The lowest BCUT2D eigenvalue weighted by Gasteiger charge is -2.33. The van der Waals surface area contributed by atoms with E-state index in [1.165, 1.54) is 11.9 Å². The zero-order chi connectivity index (χ0) is 17.6. The largest absolute Gasteiger partial charge is 0.481 e. The number of urea groups is 1. The fourth-order valence-electron chi connectivity index (χ4n) is 3.01. The van der Waals surface area contributed by atoms with Gasteiger partial charge in [0.2, 0.25) is 0 Å². The molecular formula is C15H24N2O6. The van der Waals surface area contributed by atoms with Crippen molar-refractivity contribution in [2.45, 2.75) is 56.9 Å². The van der Waals surface area contributed by atoms with Crippen molar-refractivity contribution >= 4 is 23.9 Å². The molecule has 8 heteroatoms. The predicted molar refractivity (Wildman–Crippen MR) is 80.9 cm³/mol. The monoisotopic (exact) mass is 328 g/mol. The second kappa shape index (κ2) is 7.94. The van der Waals surface area contributed by atoms with E-state index in [4.69, 9.17) is 10.2 Å².